The number of aryl methyl sites for hydroxylation is 1. The number of carbonyl (C=O) groups is 1. The van der Waals surface area contributed by atoms with Crippen LogP contribution in [0.5, 0.6) is 0 Å². The van der Waals surface area contributed by atoms with Gasteiger partial charge in [-0.1, -0.05) is 11.8 Å². The molecule has 0 fully saturated rings. The van der Waals surface area contributed by atoms with Gasteiger partial charge in [-0.25, -0.2) is 4.39 Å². The number of rotatable bonds is 3. The van der Waals surface area contributed by atoms with Crippen molar-refractivity contribution in [2.24, 2.45) is 12.8 Å². The molecule has 2 rings (SSSR count). The van der Waals surface area contributed by atoms with Crippen LogP contribution in [0, 0.1) is 17.7 Å². The third-order valence-corrected chi connectivity index (χ3v) is 2.79. The normalized spacial score (nSPS) is 9.86. The first-order valence-corrected chi connectivity index (χ1v) is 6.34. The van der Waals surface area contributed by atoms with Gasteiger partial charge in [-0.15, -0.1) is 0 Å². The van der Waals surface area contributed by atoms with Crippen LogP contribution in [0.4, 0.5) is 4.39 Å². The molecule has 2 aromatic rings. The van der Waals surface area contributed by atoms with Crippen LogP contribution in [0.25, 0.3) is 0 Å². The zero-order valence-electron chi connectivity index (χ0n) is 11.6. The van der Waals surface area contributed by atoms with Crippen molar-refractivity contribution in [3.63, 3.8) is 0 Å². The Hall–Kier alpha value is -2.65. The van der Waals surface area contributed by atoms with Crippen LogP contribution in [0.2, 0.25) is 0 Å². The number of nitrogens with one attached hydrogen (secondary N) is 1. The molecule has 0 unspecified atom stereocenters. The molecular formula is C15H15FN4O. The maximum absolute atomic E-state index is 13.7. The highest BCUT2D eigenvalue weighted by Gasteiger charge is 2.09. The Kier molecular flexibility index (Phi) is 4.69. The molecule has 0 aliphatic heterocycles. The van der Waals surface area contributed by atoms with E-state index in [1.165, 1.54) is 16.9 Å². The molecule has 0 saturated heterocycles. The van der Waals surface area contributed by atoms with E-state index >= 15 is 0 Å². The van der Waals surface area contributed by atoms with Gasteiger partial charge in [0, 0.05) is 30.9 Å². The summed E-state index contributed by atoms with van der Waals surface area (Å²) < 4.78 is 15.2. The number of benzene rings is 1. The Bertz CT molecular complexity index is 712. The number of carbonyl (C=O) groups excluding carboxylic acids is 1. The van der Waals surface area contributed by atoms with Crippen molar-refractivity contribution >= 4 is 5.91 Å². The monoisotopic (exact) mass is 286 g/mol. The van der Waals surface area contributed by atoms with Crippen LogP contribution < -0.4 is 11.1 Å². The van der Waals surface area contributed by atoms with Crippen LogP contribution in [0.15, 0.2) is 30.6 Å². The number of halogens is 1. The quantitative estimate of drug-likeness (QED) is 0.820. The van der Waals surface area contributed by atoms with E-state index in [4.69, 9.17) is 5.73 Å². The average Bonchev–Trinajstić information content (AvgIpc) is 2.91. The second-order valence-electron chi connectivity index (χ2n) is 4.40. The number of aromatic nitrogens is 2. The second kappa shape index (κ2) is 6.68. The fourth-order valence-electron chi connectivity index (χ4n) is 1.76. The molecule has 0 spiro atoms. The van der Waals surface area contributed by atoms with Crippen LogP contribution in [0.3, 0.4) is 0 Å². The highest BCUT2D eigenvalue weighted by atomic mass is 19.1. The molecule has 108 valence electrons. The zero-order chi connectivity index (χ0) is 15.2. The van der Waals surface area contributed by atoms with Crippen LogP contribution in [0.1, 0.15) is 21.5 Å². The first kappa shape index (κ1) is 14.8. The van der Waals surface area contributed by atoms with Crippen molar-refractivity contribution in [2.45, 2.75) is 6.54 Å². The third kappa shape index (κ3) is 3.91. The van der Waals surface area contributed by atoms with Crippen LogP contribution in [-0.2, 0) is 13.6 Å². The van der Waals surface area contributed by atoms with Gasteiger partial charge in [-0.2, -0.15) is 5.10 Å². The third-order valence-electron chi connectivity index (χ3n) is 2.79. The minimum atomic E-state index is -0.389. The van der Waals surface area contributed by atoms with Crippen molar-refractivity contribution in [1.29, 1.82) is 0 Å². The molecule has 21 heavy (non-hydrogen) atoms. The Labute approximate surface area is 122 Å². The van der Waals surface area contributed by atoms with Crippen molar-refractivity contribution in [3.8, 4) is 11.8 Å². The van der Waals surface area contributed by atoms with Gasteiger partial charge in [0.15, 0.2) is 0 Å². The second-order valence-corrected chi connectivity index (χ2v) is 4.40. The molecule has 0 aliphatic rings. The Morgan fingerprint density at radius 2 is 2.33 bits per heavy atom. The van der Waals surface area contributed by atoms with Gasteiger partial charge in [0.1, 0.15) is 5.82 Å². The van der Waals surface area contributed by atoms with Gasteiger partial charge in [0.2, 0.25) is 0 Å². The molecule has 1 aromatic carbocycles. The van der Waals surface area contributed by atoms with E-state index < -0.39 is 0 Å². The zero-order valence-corrected chi connectivity index (χ0v) is 11.6. The van der Waals surface area contributed by atoms with Gasteiger partial charge in [-0.05, 0) is 18.2 Å². The lowest BCUT2D eigenvalue weighted by molar-refractivity contribution is 0.0950. The number of amides is 1. The average molecular weight is 286 g/mol. The molecule has 0 aliphatic carbocycles. The smallest absolute Gasteiger partial charge is 0.254 e. The molecule has 5 nitrogen and oxygen atoms in total. The topological polar surface area (TPSA) is 72.9 Å². The number of hydrogen-bond donors (Lipinski definition) is 2. The Morgan fingerprint density at radius 1 is 1.52 bits per heavy atom. The lowest BCUT2D eigenvalue weighted by Crippen LogP contribution is -2.23. The summed E-state index contributed by atoms with van der Waals surface area (Å²) in [6, 6.07) is 4.50. The fourth-order valence-corrected chi connectivity index (χ4v) is 1.76. The van der Waals surface area contributed by atoms with Crippen LogP contribution in [-0.4, -0.2) is 22.2 Å². The summed E-state index contributed by atoms with van der Waals surface area (Å²) in [4.78, 5) is 11.9. The Balaban J connectivity index is 2.07. The van der Waals surface area contributed by atoms with Gasteiger partial charge in [0.05, 0.1) is 18.3 Å². The van der Waals surface area contributed by atoms with Crippen molar-refractivity contribution in [3.05, 3.63) is 53.1 Å². The molecule has 0 radical (unpaired) electrons. The molecule has 1 heterocycles. The van der Waals surface area contributed by atoms with E-state index in [9.17, 15) is 9.18 Å². The largest absolute Gasteiger partial charge is 0.348 e. The van der Waals surface area contributed by atoms with E-state index in [0.29, 0.717) is 16.7 Å². The number of hydrogen-bond acceptors (Lipinski definition) is 3. The summed E-state index contributed by atoms with van der Waals surface area (Å²) in [5.74, 6) is 4.83. The maximum atomic E-state index is 13.7. The lowest BCUT2D eigenvalue weighted by Gasteiger charge is -2.06. The van der Waals surface area contributed by atoms with Crippen LogP contribution >= 0.6 is 0 Å². The molecule has 1 amide bonds. The van der Waals surface area contributed by atoms with E-state index in [1.807, 2.05) is 0 Å². The first-order chi connectivity index (χ1) is 10.1. The Morgan fingerprint density at radius 3 is 3.00 bits per heavy atom. The summed E-state index contributed by atoms with van der Waals surface area (Å²) in [6.45, 7) is 0.322. The number of nitrogens with zero attached hydrogens (tertiary/aromatic N) is 2. The van der Waals surface area contributed by atoms with E-state index in [2.05, 4.69) is 22.3 Å². The van der Waals surface area contributed by atoms with Gasteiger partial charge in [0.25, 0.3) is 5.91 Å². The van der Waals surface area contributed by atoms with Crippen molar-refractivity contribution < 1.29 is 9.18 Å². The fraction of sp³-hybridized carbons (Fsp3) is 0.200. The summed E-state index contributed by atoms with van der Waals surface area (Å²) in [6.07, 6.45) is 3.05. The molecule has 3 N–H and O–H groups in total. The predicted molar refractivity (Wildman–Crippen MR) is 76.7 cm³/mol. The summed E-state index contributed by atoms with van der Waals surface area (Å²) in [7, 11) is 1.72. The summed E-state index contributed by atoms with van der Waals surface area (Å²) >= 11 is 0. The molecule has 1 aromatic heterocycles. The number of nitrogens with two attached hydrogens (primary N) is 1. The maximum Gasteiger partial charge on any atom is 0.254 e. The minimum Gasteiger partial charge on any atom is -0.348 e. The minimum absolute atomic E-state index is 0.0811. The molecule has 0 saturated carbocycles. The molecular weight excluding hydrogens is 271 g/mol. The predicted octanol–water partition coefficient (Wildman–Crippen LogP) is 0.799. The van der Waals surface area contributed by atoms with Gasteiger partial charge < -0.3 is 11.1 Å². The van der Waals surface area contributed by atoms with E-state index in [1.54, 1.807) is 25.4 Å². The molecule has 0 bridgehead atoms. The highest BCUT2D eigenvalue weighted by molar-refractivity contribution is 5.93. The summed E-state index contributed by atoms with van der Waals surface area (Å²) in [5, 5.41) is 6.56. The van der Waals surface area contributed by atoms with Crippen molar-refractivity contribution in [2.75, 3.05) is 6.54 Å². The van der Waals surface area contributed by atoms with Gasteiger partial charge in [-0.3, -0.25) is 9.48 Å². The summed E-state index contributed by atoms with van der Waals surface area (Å²) in [5.41, 5.74) is 6.76. The van der Waals surface area contributed by atoms with Crippen molar-refractivity contribution in [1.82, 2.24) is 15.1 Å². The van der Waals surface area contributed by atoms with E-state index in [0.717, 1.165) is 0 Å². The first-order valence-electron chi connectivity index (χ1n) is 6.34. The molecule has 6 heteroatoms. The SMILES string of the molecule is Cn1cc(C(=O)NCc2cc(C#CCN)ccc2F)cn1. The highest BCUT2D eigenvalue weighted by Crippen LogP contribution is 2.10. The lowest BCUT2D eigenvalue weighted by atomic mass is 10.1. The standard InChI is InChI=1S/C15H15FN4O/c1-20-10-13(9-19-20)15(21)18-8-12-7-11(3-2-6-17)4-5-14(12)16/h4-5,7,9-10H,6,8,17H2,1H3,(H,18,21). The van der Waals surface area contributed by atoms with E-state index in [-0.39, 0.29) is 24.8 Å². The molecule has 0 atom stereocenters. The van der Waals surface area contributed by atoms with Gasteiger partial charge >= 0.3 is 0 Å².